The molecule has 48 heavy (non-hydrogen) atoms. The van der Waals surface area contributed by atoms with Gasteiger partial charge >= 0.3 is 13.3 Å². The monoisotopic (exact) mass is 699 g/mol. The number of nitrogens with one attached hydrogen (secondary N) is 1. The first-order valence-corrected chi connectivity index (χ1v) is 17.8. The number of likely N-dealkylation sites (tertiary alicyclic amines) is 1. The molecule has 16 heteroatoms. The third kappa shape index (κ3) is 6.21. The molecule has 0 bridgehead atoms. The highest BCUT2D eigenvalue weighted by molar-refractivity contribution is 7.52. The van der Waals surface area contributed by atoms with Crippen LogP contribution in [0.2, 0.25) is 0 Å². The van der Waals surface area contributed by atoms with Crippen molar-refractivity contribution in [2.45, 2.75) is 55.9 Å². The van der Waals surface area contributed by atoms with Crippen molar-refractivity contribution in [3.63, 3.8) is 0 Å². The standard InChI is InChI=1S/C32H32F2N5O7PS/c1-18(40)37-10-9-24-6-7-26(31(43)38-15-22(16-38)20-4-2-3-19(11-20)14-35)39(24)30(42)25(17-37)36-29(41)28-13-21-12-23(5-8-27(21)48-28)32(33,34)47(44,45)46/h2-5,8,11-13,22,24-26H,6-7,9-10,15-17H2,1H3,(H,36,41)(H2,44,45,46)/t24-,25+,26+/m1/s1. The second-order valence-electron chi connectivity index (χ2n) is 12.4. The molecular weight excluding hydrogens is 667 g/mol. The fourth-order valence-electron chi connectivity index (χ4n) is 6.69. The summed E-state index contributed by atoms with van der Waals surface area (Å²) in [6.07, 6.45) is 1.45. The number of benzene rings is 2. The molecule has 0 aliphatic carbocycles. The zero-order valence-electron chi connectivity index (χ0n) is 25.7. The molecule has 3 saturated heterocycles. The van der Waals surface area contributed by atoms with Gasteiger partial charge in [-0.15, -0.1) is 11.3 Å². The van der Waals surface area contributed by atoms with E-state index in [2.05, 4.69) is 11.4 Å². The van der Waals surface area contributed by atoms with Crippen LogP contribution in [0.5, 0.6) is 0 Å². The molecule has 2 aromatic carbocycles. The zero-order chi connectivity index (χ0) is 34.5. The molecule has 3 N–H and O–H groups in total. The van der Waals surface area contributed by atoms with Crippen LogP contribution in [0.1, 0.15) is 58.5 Å². The van der Waals surface area contributed by atoms with E-state index in [9.17, 15) is 37.8 Å². The van der Waals surface area contributed by atoms with Crippen molar-refractivity contribution in [2.24, 2.45) is 0 Å². The third-order valence-electron chi connectivity index (χ3n) is 9.36. The Balaban J connectivity index is 1.20. The predicted octanol–water partition coefficient (Wildman–Crippen LogP) is 3.34. The van der Waals surface area contributed by atoms with Crippen molar-refractivity contribution in [1.29, 1.82) is 5.26 Å². The van der Waals surface area contributed by atoms with Gasteiger partial charge in [-0.2, -0.15) is 14.0 Å². The van der Waals surface area contributed by atoms with Crippen LogP contribution >= 0.6 is 18.9 Å². The normalized spacial score (nSPS) is 22.0. The summed E-state index contributed by atoms with van der Waals surface area (Å²) in [6, 6.07) is 11.4. The Morgan fingerprint density at radius 2 is 1.79 bits per heavy atom. The number of carbonyl (C=O) groups is 4. The number of rotatable bonds is 6. The molecule has 3 aromatic rings. The van der Waals surface area contributed by atoms with Crippen LogP contribution in [0, 0.1) is 11.3 Å². The molecule has 3 aliphatic heterocycles. The van der Waals surface area contributed by atoms with Gasteiger partial charge in [0.05, 0.1) is 16.5 Å². The lowest BCUT2D eigenvalue weighted by atomic mass is 9.90. The van der Waals surface area contributed by atoms with Crippen LogP contribution in [0.15, 0.2) is 48.5 Å². The number of alkyl halides is 2. The minimum absolute atomic E-state index is 0.0589. The van der Waals surface area contributed by atoms with Crippen molar-refractivity contribution in [3.05, 3.63) is 70.1 Å². The minimum Gasteiger partial charge on any atom is -0.340 e. The maximum atomic E-state index is 14.3. The van der Waals surface area contributed by atoms with E-state index in [0.717, 1.165) is 29.0 Å². The Morgan fingerprint density at radius 3 is 2.48 bits per heavy atom. The summed E-state index contributed by atoms with van der Waals surface area (Å²) in [5, 5.41) is 12.1. The Bertz CT molecular complexity index is 1900. The minimum atomic E-state index is -5.80. The van der Waals surface area contributed by atoms with Crippen molar-refractivity contribution in [3.8, 4) is 6.07 Å². The summed E-state index contributed by atoms with van der Waals surface area (Å²) < 4.78 is 40.4. The quantitative estimate of drug-likeness (QED) is 0.329. The van der Waals surface area contributed by atoms with Crippen molar-refractivity contribution in [1.82, 2.24) is 20.0 Å². The molecular formula is C32H32F2N5O7PS. The van der Waals surface area contributed by atoms with E-state index in [-0.39, 0.29) is 40.6 Å². The largest absolute Gasteiger partial charge is 0.399 e. The van der Waals surface area contributed by atoms with Gasteiger partial charge in [-0.3, -0.25) is 23.7 Å². The first-order chi connectivity index (χ1) is 22.7. The summed E-state index contributed by atoms with van der Waals surface area (Å²) in [4.78, 5) is 76.9. The highest BCUT2D eigenvalue weighted by Gasteiger charge is 2.51. The summed E-state index contributed by atoms with van der Waals surface area (Å²) in [5.74, 6) is -1.61. The summed E-state index contributed by atoms with van der Waals surface area (Å²) in [7, 11) is -5.80. The molecule has 0 unspecified atom stereocenters. The van der Waals surface area contributed by atoms with Gasteiger partial charge < -0.3 is 29.8 Å². The number of carbonyl (C=O) groups excluding carboxylic acids is 4. The molecule has 0 saturated carbocycles. The van der Waals surface area contributed by atoms with Gasteiger partial charge in [0.15, 0.2) is 0 Å². The molecule has 0 spiro atoms. The fraction of sp³-hybridized carbons (Fsp3) is 0.406. The Labute approximate surface area is 278 Å². The lowest BCUT2D eigenvalue weighted by Gasteiger charge is -2.44. The molecule has 3 fully saturated rings. The molecule has 3 atom stereocenters. The number of nitrogens with zero attached hydrogens (tertiary/aromatic N) is 4. The lowest BCUT2D eigenvalue weighted by molar-refractivity contribution is -0.151. The summed E-state index contributed by atoms with van der Waals surface area (Å²) in [5.41, 5.74) is -3.83. The summed E-state index contributed by atoms with van der Waals surface area (Å²) >= 11 is 0.943. The van der Waals surface area contributed by atoms with Gasteiger partial charge in [0.2, 0.25) is 17.7 Å². The van der Waals surface area contributed by atoms with E-state index in [0.29, 0.717) is 49.2 Å². The van der Waals surface area contributed by atoms with Gasteiger partial charge in [0.1, 0.15) is 12.1 Å². The van der Waals surface area contributed by atoms with E-state index >= 15 is 0 Å². The fourth-order valence-corrected chi connectivity index (χ4v) is 8.11. The van der Waals surface area contributed by atoms with E-state index in [4.69, 9.17) is 9.79 Å². The molecule has 12 nitrogen and oxygen atoms in total. The number of hydrogen-bond acceptors (Lipinski definition) is 7. The predicted molar refractivity (Wildman–Crippen MR) is 170 cm³/mol. The second-order valence-corrected chi connectivity index (χ2v) is 15.1. The average molecular weight is 700 g/mol. The smallest absolute Gasteiger partial charge is 0.340 e. The highest BCUT2D eigenvalue weighted by atomic mass is 32.1. The first-order valence-electron chi connectivity index (χ1n) is 15.3. The van der Waals surface area contributed by atoms with Crippen molar-refractivity contribution >= 4 is 52.6 Å². The molecule has 1 aromatic heterocycles. The zero-order valence-corrected chi connectivity index (χ0v) is 27.4. The Hall–Kier alpha value is -4.22. The lowest BCUT2D eigenvalue weighted by Crippen LogP contribution is -2.62. The highest BCUT2D eigenvalue weighted by Crippen LogP contribution is 2.59. The first kappa shape index (κ1) is 33.7. The molecule has 252 valence electrons. The van der Waals surface area contributed by atoms with Crippen LogP contribution in [0.4, 0.5) is 8.78 Å². The van der Waals surface area contributed by atoms with E-state index in [1.807, 2.05) is 6.07 Å². The van der Waals surface area contributed by atoms with Gasteiger partial charge in [-0.1, -0.05) is 18.2 Å². The second kappa shape index (κ2) is 12.7. The maximum absolute atomic E-state index is 14.3. The topological polar surface area (TPSA) is 171 Å². The average Bonchev–Trinajstić information content (AvgIpc) is 3.64. The van der Waals surface area contributed by atoms with E-state index < -0.39 is 42.7 Å². The molecule has 3 aliphatic rings. The number of halogens is 2. The summed E-state index contributed by atoms with van der Waals surface area (Å²) in [6.45, 7) is 2.45. The van der Waals surface area contributed by atoms with Gasteiger partial charge in [-0.25, -0.2) is 0 Å². The van der Waals surface area contributed by atoms with Crippen LogP contribution in [0.3, 0.4) is 0 Å². The number of hydrogen-bond donors (Lipinski definition) is 3. The maximum Gasteiger partial charge on any atom is 0.399 e. The molecule has 6 rings (SSSR count). The van der Waals surface area contributed by atoms with E-state index in [1.54, 1.807) is 28.0 Å². The van der Waals surface area contributed by atoms with Crippen LogP contribution in [-0.4, -0.2) is 92.4 Å². The molecule has 4 amide bonds. The van der Waals surface area contributed by atoms with Crippen molar-refractivity contribution < 1.29 is 42.3 Å². The van der Waals surface area contributed by atoms with Gasteiger partial charge in [0.25, 0.3) is 5.91 Å². The molecule has 0 radical (unpaired) electrons. The SMILES string of the molecule is CC(=O)N1CC[C@H]2CC[C@@H](C(=O)N3CC(c4cccc(C#N)c4)C3)N2C(=O)[C@@H](NC(=O)c2cc3cc(C(F)(F)P(=O)(O)O)ccc3s2)C1. The van der Waals surface area contributed by atoms with Crippen LogP contribution in [0.25, 0.3) is 10.1 Å². The Kier molecular flexibility index (Phi) is 8.89. The third-order valence-corrected chi connectivity index (χ3v) is 11.5. The van der Waals surface area contributed by atoms with Gasteiger partial charge in [0, 0.05) is 55.3 Å². The van der Waals surface area contributed by atoms with E-state index in [1.165, 1.54) is 24.0 Å². The van der Waals surface area contributed by atoms with Gasteiger partial charge in [-0.05, 0) is 60.5 Å². The number of fused-ring (bicyclic) bond motifs is 2. The number of thiophene rings is 1. The van der Waals surface area contributed by atoms with Crippen LogP contribution in [-0.2, 0) is 24.6 Å². The number of amides is 4. The van der Waals surface area contributed by atoms with Crippen LogP contribution < -0.4 is 5.32 Å². The number of nitriles is 1. The molecule has 4 heterocycles. The Morgan fingerprint density at radius 1 is 1.04 bits per heavy atom. The van der Waals surface area contributed by atoms with Crippen molar-refractivity contribution in [2.75, 3.05) is 26.2 Å².